The fraction of sp³-hybridized carbons (Fsp3) is 0.100. The molecule has 5 nitrogen and oxygen atoms in total. The van der Waals surface area contributed by atoms with E-state index >= 15 is 0 Å². The second-order valence-corrected chi connectivity index (χ2v) is 3.33. The molecule has 9 heteroatoms. The number of para-hydroxylation sites is 1. The first-order valence-electron chi connectivity index (χ1n) is 4.78. The number of carbonyl (C=O) groups excluding carboxylic acids is 1. The smallest absolute Gasteiger partial charge is 0.391 e. The summed E-state index contributed by atoms with van der Waals surface area (Å²) in [7, 11) is 0. The van der Waals surface area contributed by atoms with Crippen molar-refractivity contribution in [2.75, 3.05) is 5.01 Å². The van der Waals surface area contributed by atoms with Gasteiger partial charge in [0.2, 0.25) is 0 Å². The zero-order valence-corrected chi connectivity index (χ0v) is 9.32. The molecule has 19 heavy (non-hydrogen) atoms. The van der Waals surface area contributed by atoms with E-state index in [1.807, 2.05) is 0 Å². The van der Waals surface area contributed by atoms with E-state index in [1.54, 1.807) is 6.07 Å². The molecular weight excluding hydrogens is 270 g/mol. The van der Waals surface area contributed by atoms with Gasteiger partial charge in [-0.25, -0.2) is 15.6 Å². The van der Waals surface area contributed by atoms with Crippen LogP contribution in [0.4, 0.5) is 23.4 Å². The third-order valence-electron chi connectivity index (χ3n) is 2.09. The van der Waals surface area contributed by atoms with Gasteiger partial charge in [-0.15, -0.1) is 0 Å². The molecule has 0 saturated carbocycles. The Kier molecular flexibility index (Phi) is 4.33. The molecule has 0 aliphatic heterocycles. The molecule has 0 amide bonds. The fourth-order valence-corrected chi connectivity index (χ4v) is 1.27. The molecule has 0 aliphatic rings. The lowest BCUT2D eigenvalue weighted by Gasteiger charge is -2.24. The van der Waals surface area contributed by atoms with E-state index in [1.165, 1.54) is 24.3 Å². The molecule has 4 N–H and O–H groups in total. The molecule has 1 aromatic carbocycles. The van der Waals surface area contributed by atoms with Crippen LogP contribution < -0.4 is 16.6 Å². The van der Waals surface area contributed by atoms with E-state index in [9.17, 15) is 22.5 Å². The van der Waals surface area contributed by atoms with Gasteiger partial charge in [0.25, 0.3) is 0 Å². The van der Waals surface area contributed by atoms with Crippen molar-refractivity contribution in [1.29, 1.82) is 0 Å². The Balaban J connectivity index is 3.31. The normalized spacial score (nSPS) is 12.7. The number of nitrogens with zero attached hydrogens (tertiary/aromatic N) is 1. The number of hydrazine groups is 1. The van der Waals surface area contributed by atoms with Crippen molar-refractivity contribution < 1.29 is 27.4 Å². The lowest BCUT2D eigenvalue weighted by Crippen LogP contribution is -2.41. The first-order chi connectivity index (χ1) is 8.79. The summed E-state index contributed by atoms with van der Waals surface area (Å²) in [4.78, 5) is 13.4. The Labute approximate surface area is 104 Å². The standard InChI is InChI=1S/C10H9F4N3O2/c11-10(12,13)8(7(15)9(18)19-14)17(16)6-4-2-1-3-5-6/h1-5H,15-16H2/b8-7-. The Bertz CT molecular complexity index is 487. The molecule has 0 atom stereocenters. The Morgan fingerprint density at radius 2 is 1.74 bits per heavy atom. The van der Waals surface area contributed by atoms with Crippen molar-refractivity contribution in [2.45, 2.75) is 6.18 Å². The van der Waals surface area contributed by atoms with Gasteiger partial charge < -0.3 is 5.73 Å². The fourth-order valence-electron chi connectivity index (χ4n) is 1.27. The number of allylic oxidation sites excluding steroid dienone is 1. The summed E-state index contributed by atoms with van der Waals surface area (Å²) < 4.78 is 50.1. The predicted molar refractivity (Wildman–Crippen MR) is 57.6 cm³/mol. The van der Waals surface area contributed by atoms with Gasteiger partial charge in [0.15, 0.2) is 11.4 Å². The van der Waals surface area contributed by atoms with Crippen LogP contribution in [-0.4, -0.2) is 12.1 Å². The molecule has 0 saturated heterocycles. The van der Waals surface area contributed by atoms with E-state index in [-0.39, 0.29) is 10.7 Å². The number of carbonyl (C=O) groups is 1. The highest BCUT2D eigenvalue weighted by molar-refractivity contribution is 5.88. The van der Waals surface area contributed by atoms with Crippen LogP contribution in [0.5, 0.6) is 0 Å². The minimum absolute atomic E-state index is 0.0931. The van der Waals surface area contributed by atoms with Gasteiger partial charge in [-0.2, -0.15) is 13.2 Å². The molecule has 0 aromatic heterocycles. The van der Waals surface area contributed by atoms with E-state index in [0.29, 0.717) is 0 Å². The molecule has 0 bridgehead atoms. The number of rotatable bonds is 3. The molecule has 0 unspecified atom stereocenters. The second kappa shape index (κ2) is 5.57. The van der Waals surface area contributed by atoms with Crippen LogP contribution in [0.3, 0.4) is 0 Å². The third kappa shape index (κ3) is 3.35. The SMILES string of the molecule is N/C(C(=O)OF)=C(\N(N)c1ccccc1)C(F)(F)F. The number of anilines is 1. The molecule has 104 valence electrons. The van der Waals surface area contributed by atoms with Gasteiger partial charge in [-0.05, 0) is 12.1 Å². The lowest BCUT2D eigenvalue weighted by molar-refractivity contribution is -0.179. The molecule has 1 aromatic rings. The van der Waals surface area contributed by atoms with Crippen LogP contribution in [0.15, 0.2) is 41.7 Å². The third-order valence-corrected chi connectivity index (χ3v) is 2.09. The number of benzene rings is 1. The topological polar surface area (TPSA) is 81.6 Å². The van der Waals surface area contributed by atoms with Crippen LogP contribution in [-0.2, 0) is 9.74 Å². The van der Waals surface area contributed by atoms with Gasteiger partial charge in [-0.3, -0.25) is 5.01 Å². The van der Waals surface area contributed by atoms with Gasteiger partial charge in [0, 0.05) is 4.53 Å². The van der Waals surface area contributed by atoms with Crippen molar-refractivity contribution in [1.82, 2.24) is 0 Å². The first-order valence-corrected chi connectivity index (χ1v) is 4.78. The Morgan fingerprint density at radius 3 is 2.16 bits per heavy atom. The number of hydrogen-bond acceptors (Lipinski definition) is 5. The summed E-state index contributed by atoms with van der Waals surface area (Å²) in [6, 6.07) is 6.90. The summed E-state index contributed by atoms with van der Waals surface area (Å²) in [5.41, 5.74) is 1.62. The average molecular weight is 279 g/mol. The Morgan fingerprint density at radius 1 is 1.21 bits per heavy atom. The van der Waals surface area contributed by atoms with Gasteiger partial charge >= 0.3 is 12.1 Å². The van der Waals surface area contributed by atoms with Gasteiger partial charge in [0.05, 0.1) is 5.69 Å². The number of nitrogens with two attached hydrogens (primary N) is 2. The second-order valence-electron chi connectivity index (χ2n) is 3.33. The van der Waals surface area contributed by atoms with E-state index in [4.69, 9.17) is 11.6 Å². The summed E-state index contributed by atoms with van der Waals surface area (Å²) in [6.45, 7) is 0. The zero-order valence-electron chi connectivity index (χ0n) is 9.32. The summed E-state index contributed by atoms with van der Waals surface area (Å²) in [6.07, 6.45) is -5.07. The highest BCUT2D eigenvalue weighted by Gasteiger charge is 2.42. The number of halogens is 4. The molecule has 0 aliphatic carbocycles. The number of alkyl halides is 3. The van der Waals surface area contributed by atoms with Crippen molar-refractivity contribution in [2.24, 2.45) is 11.6 Å². The van der Waals surface area contributed by atoms with E-state index in [2.05, 4.69) is 4.94 Å². The number of hydrogen-bond donors (Lipinski definition) is 2. The maximum Gasteiger partial charge on any atom is 0.435 e. The zero-order chi connectivity index (χ0) is 14.6. The monoisotopic (exact) mass is 279 g/mol. The highest BCUT2D eigenvalue weighted by atomic mass is 19.4. The van der Waals surface area contributed by atoms with Crippen LogP contribution in [0.1, 0.15) is 0 Å². The molecule has 0 spiro atoms. The molecular formula is C10H9F4N3O2. The highest BCUT2D eigenvalue weighted by Crippen LogP contribution is 2.31. The summed E-state index contributed by atoms with van der Waals surface area (Å²) in [5.74, 6) is 3.29. The summed E-state index contributed by atoms with van der Waals surface area (Å²) >= 11 is 0. The first kappa shape index (κ1) is 14.8. The Hall–Kier alpha value is -2.29. The predicted octanol–water partition coefficient (Wildman–Crippen LogP) is 1.53. The molecule has 0 heterocycles. The lowest BCUT2D eigenvalue weighted by atomic mass is 10.2. The van der Waals surface area contributed by atoms with Crippen molar-refractivity contribution in [3.63, 3.8) is 0 Å². The largest absolute Gasteiger partial charge is 0.435 e. The van der Waals surface area contributed by atoms with Crippen LogP contribution >= 0.6 is 0 Å². The average Bonchev–Trinajstić information content (AvgIpc) is 2.37. The minimum Gasteiger partial charge on any atom is -0.391 e. The van der Waals surface area contributed by atoms with Gasteiger partial charge in [0.1, 0.15) is 0 Å². The molecule has 0 fully saturated rings. The van der Waals surface area contributed by atoms with Crippen molar-refractivity contribution in [3.8, 4) is 0 Å². The van der Waals surface area contributed by atoms with Crippen molar-refractivity contribution in [3.05, 3.63) is 41.7 Å². The van der Waals surface area contributed by atoms with Gasteiger partial charge in [-0.1, -0.05) is 18.2 Å². The van der Waals surface area contributed by atoms with Crippen molar-refractivity contribution >= 4 is 11.7 Å². The molecule has 1 rings (SSSR count). The van der Waals surface area contributed by atoms with Crippen LogP contribution in [0.25, 0.3) is 0 Å². The molecule has 0 radical (unpaired) electrons. The van der Waals surface area contributed by atoms with Crippen LogP contribution in [0.2, 0.25) is 0 Å². The summed E-state index contributed by atoms with van der Waals surface area (Å²) in [5, 5.41) is 0.131. The van der Waals surface area contributed by atoms with E-state index < -0.39 is 23.5 Å². The maximum absolute atomic E-state index is 12.8. The quantitative estimate of drug-likeness (QED) is 0.379. The maximum atomic E-state index is 12.8. The minimum atomic E-state index is -5.07. The van der Waals surface area contributed by atoms with Crippen LogP contribution in [0, 0.1) is 0 Å². The van der Waals surface area contributed by atoms with E-state index in [0.717, 1.165) is 0 Å².